The Morgan fingerprint density at radius 2 is 1.97 bits per heavy atom. The number of nitrogens with zero attached hydrogens (tertiary/aromatic N) is 3. The first-order chi connectivity index (χ1) is 15.9. The van der Waals surface area contributed by atoms with E-state index in [-0.39, 0.29) is 5.69 Å². The van der Waals surface area contributed by atoms with Gasteiger partial charge < -0.3 is 10.5 Å². The minimum Gasteiger partial charge on any atom is -0.468 e. The molecule has 2 heterocycles. The number of anilines is 1. The summed E-state index contributed by atoms with van der Waals surface area (Å²) >= 11 is 0. The van der Waals surface area contributed by atoms with E-state index in [1.165, 1.54) is 24.8 Å². The summed E-state index contributed by atoms with van der Waals surface area (Å²) in [5.41, 5.74) is 12.9. The molecular weight excluding hydrogens is 420 g/mol. The Morgan fingerprint density at radius 1 is 1.18 bits per heavy atom. The first kappa shape index (κ1) is 20.8. The Morgan fingerprint density at radius 3 is 2.73 bits per heavy atom. The van der Waals surface area contributed by atoms with E-state index in [1.54, 1.807) is 19.1 Å². The number of ether oxygens (including phenoxy) is 1. The molecule has 2 unspecified atom stereocenters. The lowest BCUT2D eigenvalue weighted by atomic mass is 9.74. The number of nitrogens with two attached hydrogens (primary N) is 1. The van der Waals surface area contributed by atoms with Crippen LogP contribution in [0.2, 0.25) is 0 Å². The summed E-state index contributed by atoms with van der Waals surface area (Å²) in [6.45, 7) is 1.75. The van der Waals surface area contributed by atoms with E-state index >= 15 is 0 Å². The third-order valence-electron chi connectivity index (χ3n) is 6.52. The standard InChI is InChI=1S/C25H22N4O4/c1-13-19(25(30)33-2)20(15-7-5-8-16(12-15)29(31)32)22-23(26)21-17-9-4-3-6-14(17)10-11-18(21)28-24(22)27-13/h3-9,12,19-20H,10-11H2,1-2H3,(H2,26,28). The Balaban J connectivity index is 1.81. The van der Waals surface area contributed by atoms with Gasteiger partial charge in [0, 0.05) is 40.6 Å². The average Bonchev–Trinajstić information content (AvgIpc) is 2.82. The highest BCUT2D eigenvalue weighted by Gasteiger charge is 2.42. The smallest absolute Gasteiger partial charge is 0.315 e. The number of pyridine rings is 1. The van der Waals surface area contributed by atoms with Gasteiger partial charge >= 0.3 is 5.97 Å². The zero-order valence-corrected chi connectivity index (χ0v) is 18.2. The monoisotopic (exact) mass is 442 g/mol. The molecule has 8 heteroatoms. The number of fused-ring (bicyclic) bond motifs is 4. The van der Waals surface area contributed by atoms with Gasteiger partial charge in [0.2, 0.25) is 0 Å². The number of hydrogen-bond donors (Lipinski definition) is 1. The summed E-state index contributed by atoms with van der Waals surface area (Å²) in [6.07, 6.45) is 1.59. The Bertz CT molecular complexity index is 1350. The third-order valence-corrected chi connectivity index (χ3v) is 6.52. The number of nitrogen functional groups attached to an aromatic ring is 1. The van der Waals surface area contributed by atoms with Crippen LogP contribution in [-0.2, 0) is 22.4 Å². The second kappa shape index (κ2) is 7.81. The number of benzene rings is 2. The predicted molar refractivity (Wildman–Crippen MR) is 125 cm³/mol. The molecular formula is C25H22N4O4. The van der Waals surface area contributed by atoms with Gasteiger partial charge in [0.1, 0.15) is 5.92 Å². The molecule has 2 aromatic carbocycles. The van der Waals surface area contributed by atoms with E-state index in [1.807, 2.05) is 18.2 Å². The second-order valence-electron chi connectivity index (χ2n) is 8.33. The van der Waals surface area contributed by atoms with Crippen LogP contribution < -0.4 is 5.73 Å². The van der Waals surface area contributed by atoms with Crippen molar-refractivity contribution in [2.75, 3.05) is 12.8 Å². The van der Waals surface area contributed by atoms with Crippen LogP contribution in [0.1, 0.15) is 35.2 Å². The van der Waals surface area contributed by atoms with E-state index in [4.69, 9.17) is 15.5 Å². The lowest BCUT2D eigenvalue weighted by Gasteiger charge is -2.33. The highest BCUT2D eigenvalue weighted by molar-refractivity contribution is 6.06. The van der Waals surface area contributed by atoms with Crippen molar-refractivity contribution >= 4 is 28.9 Å². The number of rotatable bonds is 3. The number of aryl methyl sites for hydroxylation is 2. The molecule has 0 radical (unpaired) electrons. The van der Waals surface area contributed by atoms with Crippen LogP contribution in [-0.4, -0.2) is 28.7 Å². The summed E-state index contributed by atoms with van der Waals surface area (Å²) in [6, 6.07) is 14.3. The average molecular weight is 442 g/mol. The number of nitro benzene ring substituents is 1. The Labute approximate surface area is 190 Å². The number of aliphatic imine (C=N–C) groups is 1. The van der Waals surface area contributed by atoms with Crippen molar-refractivity contribution in [2.24, 2.45) is 10.9 Å². The predicted octanol–water partition coefficient (Wildman–Crippen LogP) is 4.36. The first-order valence-corrected chi connectivity index (χ1v) is 10.7. The summed E-state index contributed by atoms with van der Waals surface area (Å²) in [5, 5.41) is 11.5. The van der Waals surface area contributed by atoms with Gasteiger partial charge in [0.15, 0.2) is 5.82 Å². The number of carbonyl (C=O) groups excluding carboxylic acids is 1. The lowest BCUT2D eigenvalue weighted by Crippen LogP contribution is -2.34. The van der Waals surface area contributed by atoms with Gasteiger partial charge in [0.05, 0.1) is 17.7 Å². The van der Waals surface area contributed by atoms with Crippen LogP contribution in [0.4, 0.5) is 17.2 Å². The van der Waals surface area contributed by atoms with Crippen molar-refractivity contribution in [3.8, 4) is 11.1 Å². The van der Waals surface area contributed by atoms with Crippen molar-refractivity contribution in [1.82, 2.24) is 4.98 Å². The molecule has 33 heavy (non-hydrogen) atoms. The van der Waals surface area contributed by atoms with Gasteiger partial charge in [-0.25, -0.2) is 9.98 Å². The Kier molecular flexibility index (Phi) is 4.92. The molecule has 1 aromatic heterocycles. The topological polar surface area (TPSA) is 121 Å². The normalized spacial score (nSPS) is 18.4. The molecule has 3 aromatic rings. The van der Waals surface area contributed by atoms with Crippen molar-refractivity contribution in [3.05, 3.63) is 81.0 Å². The maximum atomic E-state index is 12.9. The largest absolute Gasteiger partial charge is 0.468 e. The minimum absolute atomic E-state index is 0.0623. The van der Waals surface area contributed by atoms with Gasteiger partial charge in [-0.15, -0.1) is 0 Å². The van der Waals surface area contributed by atoms with Gasteiger partial charge in [-0.05, 0) is 36.5 Å². The zero-order valence-electron chi connectivity index (χ0n) is 18.2. The number of carbonyl (C=O) groups is 1. The number of nitro groups is 1. The molecule has 166 valence electrons. The summed E-state index contributed by atoms with van der Waals surface area (Å²) < 4.78 is 5.10. The molecule has 5 rings (SSSR count). The fourth-order valence-electron chi connectivity index (χ4n) is 5.03. The lowest BCUT2D eigenvalue weighted by molar-refractivity contribution is -0.384. The van der Waals surface area contributed by atoms with Gasteiger partial charge in [-0.3, -0.25) is 14.9 Å². The van der Waals surface area contributed by atoms with Gasteiger partial charge in [-0.1, -0.05) is 36.4 Å². The molecule has 0 bridgehead atoms. The van der Waals surface area contributed by atoms with Crippen LogP contribution in [0, 0.1) is 16.0 Å². The van der Waals surface area contributed by atoms with E-state index < -0.39 is 22.7 Å². The number of hydrogen-bond acceptors (Lipinski definition) is 7. The molecule has 0 spiro atoms. The van der Waals surface area contributed by atoms with Gasteiger partial charge in [-0.2, -0.15) is 0 Å². The van der Waals surface area contributed by atoms with E-state index in [2.05, 4.69) is 11.1 Å². The summed E-state index contributed by atoms with van der Waals surface area (Å²) in [7, 11) is 1.32. The van der Waals surface area contributed by atoms with Crippen molar-refractivity contribution in [1.29, 1.82) is 0 Å². The molecule has 1 aliphatic heterocycles. The minimum atomic E-state index is -0.773. The van der Waals surface area contributed by atoms with Crippen LogP contribution in [0.3, 0.4) is 0 Å². The fourth-order valence-corrected chi connectivity index (χ4v) is 5.03. The third kappa shape index (κ3) is 3.26. The number of non-ortho nitro benzene ring substituents is 1. The quantitative estimate of drug-likeness (QED) is 0.365. The molecule has 0 amide bonds. The number of methoxy groups -OCH3 is 1. The molecule has 2 aliphatic rings. The van der Waals surface area contributed by atoms with Crippen molar-refractivity contribution in [2.45, 2.75) is 25.7 Å². The Hall–Kier alpha value is -4.07. The number of aromatic nitrogens is 1. The SMILES string of the molecule is COC(=O)C1C(C)=Nc2nc3c(c(N)c2C1c1cccc([N+](=O)[O-])c1)-c1ccccc1CC3. The van der Waals surface area contributed by atoms with Crippen molar-refractivity contribution < 1.29 is 14.5 Å². The summed E-state index contributed by atoms with van der Waals surface area (Å²) in [5.74, 6) is -1.40. The highest BCUT2D eigenvalue weighted by atomic mass is 16.6. The van der Waals surface area contributed by atoms with E-state index in [0.29, 0.717) is 28.3 Å². The van der Waals surface area contributed by atoms with Crippen LogP contribution in [0.25, 0.3) is 11.1 Å². The van der Waals surface area contributed by atoms with E-state index in [9.17, 15) is 14.9 Å². The highest BCUT2D eigenvalue weighted by Crippen LogP contribution is 2.50. The van der Waals surface area contributed by atoms with Crippen LogP contribution >= 0.6 is 0 Å². The molecule has 0 saturated heterocycles. The number of esters is 1. The first-order valence-electron chi connectivity index (χ1n) is 10.7. The molecule has 0 saturated carbocycles. The van der Waals surface area contributed by atoms with E-state index in [0.717, 1.165) is 29.7 Å². The fraction of sp³-hybridized carbons (Fsp3) is 0.240. The van der Waals surface area contributed by atoms with Crippen molar-refractivity contribution in [3.63, 3.8) is 0 Å². The zero-order chi connectivity index (χ0) is 23.3. The molecule has 2 atom stereocenters. The maximum Gasteiger partial charge on any atom is 0.315 e. The molecule has 8 nitrogen and oxygen atoms in total. The van der Waals surface area contributed by atoms with Gasteiger partial charge in [0.25, 0.3) is 5.69 Å². The summed E-state index contributed by atoms with van der Waals surface area (Å²) in [4.78, 5) is 33.4. The molecule has 2 N–H and O–H groups in total. The maximum absolute atomic E-state index is 12.9. The van der Waals surface area contributed by atoms with Crippen LogP contribution in [0.5, 0.6) is 0 Å². The molecule has 1 aliphatic carbocycles. The van der Waals surface area contributed by atoms with Crippen LogP contribution in [0.15, 0.2) is 53.5 Å². The second-order valence-corrected chi connectivity index (χ2v) is 8.33. The molecule has 0 fully saturated rings.